The van der Waals surface area contributed by atoms with Gasteiger partial charge in [0.15, 0.2) is 0 Å². The molecular weight excluding hydrogens is 481 g/mol. The number of likely N-dealkylation sites (tertiary alicyclic amines) is 1. The molecule has 7 nitrogen and oxygen atoms in total. The van der Waals surface area contributed by atoms with E-state index in [1.165, 1.54) is 11.6 Å². The van der Waals surface area contributed by atoms with E-state index in [4.69, 9.17) is 0 Å². The van der Waals surface area contributed by atoms with Crippen LogP contribution in [0.25, 0.3) is 0 Å². The van der Waals surface area contributed by atoms with Gasteiger partial charge in [0.1, 0.15) is 11.4 Å². The smallest absolute Gasteiger partial charge is 0.339 e. The second-order valence-corrected chi connectivity index (χ2v) is 9.13. The molecule has 1 saturated heterocycles. The second kappa shape index (κ2) is 11.0. The topological polar surface area (TPSA) is 82.2 Å². The number of hydrogen-bond donors (Lipinski definition) is 3. The summed E-state index contributed by atoms with van der Waals surface area (Å²) in [7, 11) is 2.12. The molecule has 10 heteroatoms. The van der Waals surface area contributed by atoms with Gasteiger partial charge in [-0.25, -0.2) is 4.98 Å². The number of nitrogens with zero attached hydrogens (tertiary/aromatic N) is 3. The maximum absolute atomic E-state index is 13.7. The highest BCUT2D eigenvalue weighted by Crippen LogP contribution is 2.36. The normalized spacial score (nSPS) is 14.7. The Balaban J connectivity index is 1.57. The molecular formula is C27H29F3N6O. The number of benzene rings is 2. The van der Waals surface area contributed by atoms with E-state index in [1.54, 1.807) is 18.2 Å². The number of carbonyl (C=O) groups is 1. The van der Waals surface area contributed by atoms with Gasteiger partial charge in [-0.2, -0.15) is 18.2 Å². The first kappa shape index (κ1) is 26.2. The molecule has 1 aliphatic heterocycles. The molecule has 0 unspecified atom stereocenters. The van der Waals surface area contributed by atoms with Crippen LogP contribution in [-0.4, -0.2) is 40.9 Å². The third-order valence-electron chi connectivity index (χ3n) is 6.36. The highest BCUT2D eigenvalue weighted by atomic mass is 19.4. The summed E-state index contributed by atoms with van der Waals surface area (Å²) in [6, 6.07) is 12.4. The van der Waals surface area contributed by atoms with Gasteiger partial charge < -0.3 is 20.9 Å². The molecule has 0 saturated carbocycles. The molecule has 2 heterocycles. The van der Waals surface area contributed by atoms with Gasteiger partial charge in [0.2, 0.25) is 11.9 Å². The molecule has 0 bridgehead atoms. The SMILES string of the molecule is C=CC(=O)Nc1cccc(Nc2nc(Nc3ccc(C4CCN(C)CC4)cc3C)ncc2C(F)(F)F)c1. The number of rotatable bonds is 7. The van der Waals surface area contributed by atoms with Crippen molar-refractivity contribution in [3.63, 3.8) is 0 Å². The summed E-state index contributed by atoms with van der Waals surface area (Å²) < 4.78 is 41.1. The minimum Gasteiger partial charge on any atom is -0.339 e. The summed E-state index contributed by atoms with van der Waals surface area (Å²) in [4.78, 5) is 21.9. The average molecular weight is 511 g/mol. The number of hydrogen-bond acceptors (Lipinski definition) is 6. The third-order valence-corrected chi connectivity index (χ3v) is 6.36. The predicted molar refractivity (Wildman–Crippen MR) is 140 cm³/mol. The number of anilines is 5. The van der Waals surface area contributed by atoms with Crippen molar-refractivity contribution in [3.8, 4) is 0 Å². The highest BCUT2D eigenvalue weighted by Gasteiger charge is 2.35. The van der Waals surface area contributed by atoms with Crippen molar-refractivity contribution < 1.29 is 18.0 Å². The lowest BCUT2D eigenvalue weighted by Crippen LogP contribution is -2.29. The van der Waals surface area contributed by atoms with Gasteiger partial charge in [0, 0.05) is 23.3 Å². The van der Waals surface area contributed by atoms with Crippen LogP contribution in [0, 0.1) is 6.92 Å². The average Bonchev–Trinajstić information content (AvgIpc) is 2.85. The van der Waals surface area contributed by atoms with Crippen LogP contribution in [0.1, 0.15) is 35.4 Å². The van der Waals surface area contributed by atoms with Gasteiger partial charge >= 0.3 is 6.18 Å². The number of aromatic nitrogens is 2. The molecule has 1 fully saturated rings. The number of halogens is 3. The standard InChI is InChI=1S/C27H29F3N6O/c1-4-24(37)32-20-6-5-7-21(15-20)33-25-22(27(28,29)30)16-31-26(35-25)34-23-9-8-19(14-17(23)2)18-10-12-36(3)13-11-18/h4-9,14-16,18H,1,10-13H2,2-3H3,(H,32,37)(H2,31,33,34,35). The number of aryl methyl sites for hydroxylation is 1. The maximum atomic E-state index is 13.7. The lowest BCUT2D eigenvalue weighted by atomic mass is 9.88. The fourth-order valence-electron chi connectivity index (χ4n) is 4.29. The minimum atomic E-state index is -4.67. The monoisotopic (exact) mass is 510 g/mol. The summed E-state index contributed by atoms with van der Waals surface area (Å²) in [6.45, 7) is 7.46. The van der Waals surface area contributed by atoms with E-state index < -0.39 is 23.5 Å². The van der Waals surface area contributed by atoms with Gasteiger partial charge in [-0.15, -0.1) is 0 Å². The van der Waals surface area contributed by atoms with E-state index in [-0.39, 0.29) is 5.95 Å². The van der Waals surface area contributed by atoms with Crippen molar-refractivity contribution in [1.82, 2.24) is 14.9 Å². The zero-order valence-corrected chi connectivity index (χ0v) is 20.7. The van der Waals surface area contributed by atoms with Crippen molar-refractivity contribution in [2.75, 3.05) is 36.1 Å². The molecule has 1 amide bonds. The fraction of sp³-hybridized carbons (Fsp3) is 0.296. The van der Waals surface area contributed by atoms with Crippen molar-refractivity contribution in [1.29, 1.82) is 0 Å². The first-order valence-corrected chi connectivity index (χ1v) is 11.9. The first-order chi connectivity index (χ1) is 17.6. The number of alkyl halides is 3. The molecule has 0 radical (unpaired) electrons. The third kappa shape index (κ3) is 6.65. The van der Waals surface area contributed by atoms with Gasteiger partial charge in [-0.1, -0.05) is 24.8 Å². The van der Waals surface area contributed by atoms with Crippen LogP contribution in [-0.2, 0) is 11.0 Å². The van der Waals surface area contributed by atoms with Crippen LogP contribution in [0.4, 0.5) is 42.0 Å². The van der Waals surface area contributed by atoms with E-state index in [9.17, 15) is 18.0 Å². The van der Waals surface area contributed by atoms with Crippen LogP contribution in [0.3, 0.4) is 0 Å². The van der Waals surface area contributed by atoms with E-state index >= 15 is 0 Å². The molecule has 2 aromatic carbocycles. The molecule has 0 aliphatic carbocycles. The molecule has 37 heavy (non-hydrogen) atoms. The summed E-state index contributed by atoms with van der Waals surface area (Å²) in [5, 5.41) is 8.34. The number of amides is 1. The zero-order valence-electron chi connectivity index (χ0n) is 20.7. The minimum absolute atomic E-state index is 0.0294. The number of piperidine rings is 1. The fourth-order valence-corrected chi connectivity index (χ4v) is 4.29. The Morgan fingerprint density at radius 3 is 2.51 bits per heavy atom. The molecule has 4 rings (SSSR count). The van der Waals surface area contributed by atoms with Gasteiger partial charge in [-0.3, -0.25) is 4.79 Å². The zero-order chi connectivity index (χ0) is 26.6. The Hall–Kier alpha value is -3.92. The summed E-state index contributed by atoms with van der Waals surface area (Å²) in [6.07, 6.45) is -0.618. The Morgan fingerprint density at radius 2 is 1.84 bits per heavy atom. The lowest BCUT2D eigenvalue weighted by Gasteiger charge is -2.29. The summed E-state index contributed by atoms with van der Waals surface area (Å²) >= 11 is 0. The van der Waals surface area contributed by atoms with Crippen molar-refractivity contribution in [3.05, 3.63) is 78.0 Å². The quantitative estimate of drug-likeness (QED) is 0.327. The first-order valence-electron chi connectivity index (χ1n) is 11.9. The number of carbonyl (C=O) groups excluding carboxylic acids is 1. The molecule has 1 aromatic heterocycles. The van der Waals surface area contributed by atoms with Gasteiger partial charge in [-0.05, 0) is 87.3 Å². The van der Waals surface area contributed by atoms with Crippen LogP contribution < -0.4 is 16.0 Å². The highest BCUT2D eigenvalue weighted by molar-refractivity contribution is 5.99. The van der Waals surface area contributed by atoms with E-state index in [0.717, 1.165) is 49.5 Å². The van der Waals surface area contributed by atoms with E-state index in [2.05, 4.69) is 56.6 Å². The predicted octanol–water partition coefficient (Wildman–Crippen LogP) is 6.22. The molecule has 194 valence electrons. The van der Waals surface area contributed by atoms with Crippen molar-refractivity contribution in [2.45, 2.75) is 31.9 Å². The van der Waals surface area contributed by atoms with Crippen molar-refractivity contribution >= 4 is 34.7 Å². The van der Waals surface area contributed by atoms with Crippen molar-refractivity contribution in [2.24, 2.45) is 0 Å². The summed E-state index contributed by atoms with van der Waals surface area (Å²) in [5.41, 5.74) is 2.65. The Bertz CT molecular complexity index is 1290. The molecule has 1 aliphatic rings. The lowest BCUT2D eigenvalue weighted by molar-refractivity contribution is -0.137. The second-order valence-electron chi connectivity index (χ2n) is 9.13. The molecule has 0 atom stereocenters. The van der Waals surface area contributed by atoms with E-state index in [0.29, 0.717) is 17.3 Å². The van der Waals surface area contributed by atoms with Crippen LogP contribution in [0.5, 0.6) is 0 Å². The van der Waals surface area contributed by atoms with Crippen LogP contribution >= 0.6 is 0 Å². The van der Waals surface area contributed by atoms with Crippen LogP contribution in [0.2, 0.25) is 0 Å². The summed E-state index contributed by atoms with van der Waals surface area (Å²) in [5.74, 6) is -0.312. The molecule has 3 N–H and O–H groups in total. The maximum Gasteiger partial charge on any atom is 0.421 e. The Kier molecular flexibility index (Phi) is 7.77. The molecule has 3 aromatic rings. The molecule has 0 spiro atoms. The van der Waals surface area contributed by atoms with Crippen LogP contribution in [0.15, 0.2) is 61.3 Å². The van der Waals surface area contributed by atoms with E-state index in [1.807, 2.05) is 13.0 Å². The largest absolute Gasteiger partial charge is 0.421 e. The Labute approximate surface area is 213 Å². The number of nitrogens with one attached hydrogen (secondary N) is 3. The van der Waals surface area contributed by atoms with Gasteiger partial charge in [0.25, 0.3) is 0 Å². The van der Waals surface area contributed by atoms with Gasteiger partial charge in [0.05, 0.1) is 0 Å². The Morgan fingerprint density at radius 1 is 1.11 bits per heavy atom.